The predicted octanol–water partition coefficient (Wildman–Crippen LogP) is 4.83. The molecule has 4 aromatic rings. The molecule has 0 spiro atoms. The number of pyridine rings is 1. The van der Waals surface area contributed by atoms with Crippen LogP contribution < -0.4 is 4.72 Å². The topological polar surface area (TPSA) is 85.1 Å². The smallest absolute Gasteiger partial charge is 0.262 e. The van der Waals surface area contributed by atoms with E-state index in [1.807, 2.05) is 48.5 Å². The second-order valence-corrected chi connectivity index (χ2v) is 8.75. The summed E-state index contributed by atoms with van der Waals surface area (Å²) >= 11 is 1.44. The summed E-state index contributed by atoms with van der Waals surface area (Å²) in [6.45, 7) is 0. The number of thioether (sulfide) groups is 1. The van der Waals surface area contributed by atoms with Gasteiger partial charge in [-0.1, -0.05) is 71.5 Å². The van der Waals surface area contributed by atoms with Crippen molar-refractivity contribution in [3.63, 3.8) is 0 Å². The second kappa shape index (κ2) is 8.50. The highest BCUT2D eigenvalue weighted by Gasteiger charge is 2.24. The maximum absolute atomic E-state index is 12.9. The van der Waals surface area contributed by atoms with Crippen molar-refractivity contribution in [2.75, 3.05) is 4.72 Å². The molecular formula is C21H17N3O3S2. The van der Waals surface area contributed by atoms with Crippen LogP contribution in [0.2, 0.25) is 0 Å². The Morgan fingerprint density at radius 3 is 2.28 bits per heavy atom. The van der Waals surface area contributed by atoms with Crippen LogP contribution in [0.15, 0.2) is 99.5 Å². The van der Waals surface area contributed by atoms with Crippen molar-refractivity contribution in [2.45, 2.75) is 15.7 Å². The minimum absolute atomic E-state index is 0.170. The first-order valence-corrected chi connectivity index (χ1v) is 11.3. The number of benzene rings is 2. The molecule has 0 fully saturated rings. The Morgan fingerprint density at radius 1 is 0.897 bits per heavy atom. The number of nitrogens with one attached hydrogen (secondary N) is 1. The molecule has 0 saturated carbocycles. The molecule has 0 unspecified atom stereocenters. The normalized spacial score (nSPS) is 11.3. The van der Waals surface area contributed by atoms with Gasteiger partial charge in [-0.2, -0.15) is 0 Å². The van der Waals surface area contributed by atoms with Gasteiger partial charge in [0.2, 0.25) is 0 Å². The third-order valence-electron chi connectivity index (χ3n) is 4.09. The Morgan fingerprint density at radius 2 is 1.59 bits per heavy atom. The number of anilines is 1. The standard InChI is InChI=1S/C21H17N3O3S2/c25-29(26,17-11-5-2-6-12-17)24-21-18(15-28-19-13-7-8-14-22-19)27-23-20(21)16-9-3-1-4-10-16/h1-14,24H,15H2. The fourth-order valence-electron chi connectivity index (χ4n) is 2.69. The average Bonchev–Trinajstić information content (AvgIpc) is 3.16. The van der Waals surface area contributed by atoms with E-state index in [0.717, 1.165) is 10.6 Å². The molecule has 0 aliphatic carbocycles. The van der Waals surface area contributed by atoms with Crippen molar-refractivity contribution in [3.05, 3.63) is 90.8 Å². The summed E-state index contributed by atoms with van der Waals surface area (Å²) in [5.41, 5.74) is 1.54. The minimum Gasteiger partial charge on any atom is -0.358 e. The van der Waals surface area contributed by atoms with Crippen LogP contribution in [0.3, 0.4) is 0 Å². The van der Waals surface area contributed by atoms with E-state index in [1.54, 1.807) is 36.5 Å². The third kappa shape index (κ3) is 4.49. The molecule has 0 saturated heterocycles. The number of hydrogen-bond donors (Lipinski definition) is 1. The molecule has 0 amide bonds. The molecule has 0 bridgehead atoms. The van der Waals surface area contributed by atoms with Gasteiger partial charge < -0.3 is 4.52 Å². The lowest BCUT2D eigenvalue weighted by molar-refractivity contribution is 0.398. The summed E-state index contributed by atoms with van der Waals surface area (Å²) in [7, 11) is -3.79. The van der Waals surface area contributed by atoms with E-state index < -0.39 is 10.0 Å². The van der Waals surface area contributed by atoms with E-state index in [-0.39, 0.29) is 4.90 Å². The van der Waals surface area contributed by atoms with Crippen LogP contribution in [0, 0.1) is 0 Å². The van der Waals surface area contributed by atoms with E-state index in [4.69, 9.17) is 4.52 Å². The summed E-state index contributed by atoms with van der Waals surface area (Å²) < 4.78 is 34.0. The van der Waals surface area contributed by atoms with Crippen molar-refractivity contribution in [1.82, 2.24) is 10.1 Å². The van der Waals surface area contributed by atoms with E-state index in [2.05, 4.69) is 14.9 Å². The van der Waals surface area contributed by atoms with E-state index in [0.29, 0.717) is 22.9 Å². The van der Waals surface area contributed by atoms with Crippen LogP contribution in [0.25, 0.3) is 11.3 Å². The molecule has 2 aromatic carbocycles. The van der Waals surface area contributed by atoms with Crippen LogP contribution in [-0.2, 0) is 15.8 Å². The van der Waals surface area contributed by atoms with Gasteiger partial charge in [-0.05, 0) is 24.3 Å². The Balaban J connectivity index is 1.70. The molecule has 1 N–H and O–H groups in total. The lowest BCUT2D eigenvalue weighted by Gasteiger charge is -2.09. The zero-order chi connectivity index (χ0) is 20.1. The van der Waals surface area contributed by atoms with Gasteiger partial charge in [-0.15, -0.1) is 0 Å². The number of hydrogen-bond acceptors (Lipinski definition) is 6. The first-order chi connectivity index (χ1) is 14.1. The maximum Gasteiger partial charge on any atom is 0.262 e. The predicted molar refractivity (Wildman–Crippen MR) is 113 cm³/mol. The molecule has 4 rings (SSSR count). The minimum atomic E-state index is -3.79. The van der Waals surface area contributed by atoms with Crippen LogP contribution in [0.1, 0.15) is 5.76 Å². The Labute approximate surface area is 173 Å². The SMILES string of the molecule is O=S(=O)(Nc1c(-c2ccccc2)noc1CSc1ccccn1)c1ccccc1. The molecular weight excluding hydrogens is 406 g/mol. The molecule has 6 nitrogen and oxygen atoms in total. The molecule has 8 heteroatoms. The quantitative estimate of drug-likeness (QED) is 0.429. The van der Waals surface area contributed by atoms with Crippen molar-refractivity contribution in [3.8, 4) is 11.3 Å². The number of nitrogens with zero attached hydrogens (tertiary/aromatic N) is 2. The van der Waals surface area contributed by atoms with Gasteiger partial charge in [0.25, 0.3) is 10.0 Å². The van der Waals surface area contributed by atoms with Crippen LogP contribution in [-0.4, -0.2) is 18.6 Å². The summed E-state index contributed by atoms with van der Waals surface area (Å²) in [5, 5.41) is 4.95. The summed E-state index contributed by atoms with van der Waals surface area (Å²) in [5.74, 6) is 0.808. The summed E-state index contributed by atoms with van der Waals surface area (Å²) in [4.78, 5) is 4.44. The van der Waals surface area contributed by atoms with Gasteiger partial charge >= 0.3 is 0 Å². The fraction of sp³-hybridized carbons (Fsp3) is 0.0476. The lowest BCUT2D eigenvalue weighted by atomic mass is 10.1. The Bertz CT molecular complexity index is 1180. The Hall–Kier alpha value is -3.10. The monoisotopic (exact) mass is 423 g/mol. The average molecular weight is 424 g/mol. The molecule has 0 aliphatic heterocycles. The molecule has 29 heavy (non-hydrogen) atoms. The highest BCUT2D eigenvalue weighted by Crippen LogP contribution is 2.35. The third-order valence-corrected chi connectivity index (χ3v) is 6.40. The highest BCUT2D eigenvalue weighted by atomic mass is 32.2. The second-order valence-electron chi connectivity index (χ2n) is 6.07. The lowest BCUT2D eigenvalue weighted by Crippen LogP contribution is -2.14. The first kappa shape index (κ1) is 19.2. The zero-order valence-corrected chi connectivity index (χ0v) is 16.9. The van der Waals surface area contributed by atoms with Crippen molar-refractivity contribution in [2.24, 2.45) is 0 Å². The molecule has 0 radical (unpaired) electrons. The summed E-state index contributed by atoms with van der Waals surface area (Å²) in [6, 6.07) is 23.1. The molecule has 0 atom stereocenters. The molecule has 146 valence electrons. The van der Waals surface area contributed by atoms with Gasteiger partial charge in [-0.25, -0.2) is 13.4 Å². The van der Waals surface area contributed by atoms with Gasteiger partial charge in [0.1, 0.15) is 11.4 Å². The van der Waals surface area contributed by atoms with Gasteiger partial charge in [0.15, 0.2) is 5.76 Å². The molecule has 0 aliphatic rings. The number of rotatable bonds is 7. The Kier molecular flexibility index (Phi) is 5.64. The van der Waals surface area contributed by atoms with Crippen LogP contribution in [0.4, 0.5) is 5.69 Å². The van der Waals surface area contributed by atoms with Crippen molar-refractivity contribution in [1.29, 1.82) is 0 Å². The van der Waals surface area contributed by atoms with Gasteiger partial charge in [0.05, 0.1) is 15.7 Å². The maximum atomic E-state index is 12.9. The van der Waals surface area contributed by atoms with Gasteiger partial charge in [0, 0.05) is 11.8 Å². The highest BCUT2D eigenvalue weighted by molar-refractivity contribution is 7.98. The van der Waals surface area contributed by atoms with Crippen molar-refractivity contribution < 1.29 is 12.9 Å². The number of sulfonamides is 1. The van der Waals surface area contributed by atoms with Crippen LogP contribution >= 0.6 is 11.8 Å². The first-order valence-electron chi connectivity index (χ1n) is 8.79. The summed E-state index contributed by atoms with van der Waals surface area (Å²) in [6.07, 6.45) is 1.71. The van der Waals surface area contributed by atoms with Crippen molar-refractivity contribution >= 4 is 27.5 Å². The zero-order valence-electron chi connectivity index (χ0n) is 15.2. The molecule has 2 heterocycles. The van der Waals surface area contributed by atoms with Gasteiger partial charge in [-0.3, -0.25) is 4.72 Å². The van der Waals surface area contributed by atoms with Crippen LogP contribution in [0.5, 0.6) is 0 Å². The van der Waals surface area contributed by atoms with E-state index in [1.165, 1.54) is 11.8 Å². The number of aromatic nitrogens is 2. The molecule has 2 aromatic heterocycles. The van der Waals surface area contributed by atoms with E-state index >= 15 is 0 Å². The van der Waals surface area contributed by atoms with E-state index in [9.17, 15) is 8.42 Å². The fourth-order valence-corrected chi connectivity index (χ4v) is 4.58. The largest absolute Gasteiger partial charge is 0.358 e.